The molecule has 1 atom stereocenters. The van der Waals surface area contributed by atoms with Gasteiger partial charge < -0.3 is 14.7 Å². The van der Waals surface area contributed by atoms with E-state index >= 15 is 0 Å². The Bertz CT molecular complexity index is 1050. The van der Waals surface area contributed by atoms with Crippen LogP contribution >= 0.6 is 0 Å². The zero-order valence-corrected chi connectivity index (χ0v) is 17.0. The third-order valence-corrected chi connectivity index (χ3v) is 5.26. The van der Waals surface area contributed by atoms with Gasteiger partial charge in [-0.25, -0.2) is 0 Å². The van der Waals surface area contributed by atoms with E-state index in [1.807, 2.05) is 18.2 Å². The molecule has 1 unspecified atom stereocenters. The lowest BCUT2D eigenvalue weighted by molar-refractivity contribution is -0.117. The molecule has 1 aromatic heterocycles. The molecule has 4 rings (SSSR count). The Hall–Kier alpha value is -3.48. The number of carbonyl (C=O) groups is 2. The van der Waals surface area contributed by atoms with Crippen LogP contribution in [0.2, 0.25) is 0 Å². The smallest absolute Gasteiger partial charge is 0.251 e. The van der Waals surface area contributed by atoms with Crippen molar-refractivity contribution in [2.24, 2.45) is 0 Å². The van der Waals surface area contributed by atoms with E-state index in [1.54, 1.807) is 29.2 Å². The van der Waals surface area contributed by atoms with Gasteiger partial charge in [0.25, 0.3) is 5.91 Å². The van der Waals surface area contributed by atoms with Gasteiger partial charge in [-0.3, -0.25) is 9.59 Å². The summed E-state index contributed by atoms with van der Waals surface area (Å²) in [6.45, 7) is 4.91. The first kappa shape index (κ1) is 19.8. The Morgan fingerprint density at radius 3 is 2.77 bits per heavy atom. The molecule has 0 saturated carbocycles. The maximum Gasteiger partial charge on any atom is 0.251 e. The first-order valence-electron chi connectivity index (χ1n) is 10.1. The fourth-order valence-electron chi connectivity index (χ4n) is 3.54. The van der Waals surface area contributed by atoms with Gasteiger partial charge in [0, 0.05) is 30.1 Å². The number of aromatic nitrogens is 2. The van der Waals surface area contributed by atoms with Crippen LogP contribution in [0.1, 0.15) is 59.7 Å². The van der Waals surface area contributed by atoms with Crippen LogP contribution in [-0.2, 0) is 11.3 Å². The van der Waals surface area contributed by atoms with Crippen molar-refractivity contribution < 1.29 is 14.1 Å². The number of nitrogens with one attached hydrogen (secondary N) is 1. The maximum atomic E-state index is 12.6. The van der Waals surface area contributed by atoms with E-state index < -0.39 is 0 Å². The van der Waals surface area contributed by atoms with Gasteiger partial charge >= 0.3 is 0 Å². The third-order valence-electron chi connectivity index (χ3n) is 5.26. The molecule has 3 aromatic rings. The molecular weight excluding hydrogens is 380 g/mol. The maximum absolute atomic E-state index is 12.6. The lowest BCUT2D eigenvalue weighted by Gasteiger charge is -2.18. The normalized spacial score (nSPS) is 16.3. The summed E-state index contributed by atoms with van der Waals surface area (Å²) in [5, 5.41) is 6.81. The van der Waals surface area contributed by atoms with Crippen molar-refractivity contribution in [1.29, 1.82) is 0 Å². The predicted octanol–water partition coefficient (Wildman–Crippen LogP) is 3.64. The first-order valence-corrected chi connectivity index (χ1v) is 10.1. The fourth-order valence-corrected chi connectivity index (χ4v) is 3.54. The van der Waals surface area contributed by atoms with Crippen LogP contribution in [0.4, 0.5) is 5.69 Å². The van der Waals surface area contributed by atoms with Crippen molar-refractivity contribution in [3.05, 3.63) is 77.4 Å². The highest BCUT2D eigenvalue weighted by Crippen LogP contribution is 2.31. The molecule has 1 fully saturated rings. The lowest BCUT2D eigenvalue weighted by Crippen LogP contribution is -2.24. The Kier molecular flexibility index (Phi) is 5.61. The predicted molar refractivity (Wildman–Crippen MR) is 112 cm³/mol. The Balaban J connectivity index is 1.40. The van der Waals surface area contributed by atoms with Gasteiger partial charge in [-0.2, -0.15) is 4.98 Å². The van der Waals surface area contributed by atoms with E-state index in [-0.39, 0.29) is 24.3 Å². The molecule has 30 heavy (non-hydrogen) atoms. The highest BCUT2D eigenvalue weighted by atomic mass is 16.5. The molecule has 2 amide bonds. The minimum absolute atomic E-state index is 0.0460. The monoisotopic (exact) mass is 404 g/mol. The van der Waals surface area contributed by atoms with Crippen molar-refractivity contribution in [3.63, 3.8) is 0 Å². The quantitative estimate of drug-likeness (QED) is 0.678. The fraction of sp³-hybridized carbons (Fsp3) is 0.304. The molecule has 1 N–H and O–H groups in total. The van der Waals surface area contributed by atoms with Gasteiger partial charge in [0.15, 0.2) is 5.82 Å². The Morgan fingerprint density at radius 2 is 2.00 bits per heavy atom. The van der Waals surface area contributed by atoms with Crippen LogP contribution in [0.3, 0.4) is 0 Å². The number of nitrogens with zero attached hydrogens (tertiary/aromatic N) is 3. The van der Waals surface area contributed by atoms with Gasteiger partial charge in [-0.05, 0) is 35.7 Å². The first-order chi connectivity index (χ1) is 14.5. The van der Waals surface area contributed by atoms with Crippen molar-refractivity contribution in [3.8, 4) is 0 Å². The molecule has 2 aromatic carbocycles. The minimum Gasteiger partial charge on any atom is -0.343 e. The zero-order chi connectivity index (χ0) is 21.1. The molecule has 1 aliphatic rings. The molecule has 7 heteroatoms. The molecule has 7 nitrogen and oxygen atoms in total. The van der Waals surface area contributed by atoms with E-state index in [1.165, 1.54) is 5.56 Å². The minimum atomic E-state index is -0.206. The molecule has 0 spiro atoms. The molecular formula is C23H24N4O3. The van der Waals surface area contributed by atoms with Crippen LogP contribution in [0.25, 0.3) is 0 Å². The molecule has 1 saturated heterocycles. The Labute approximate surface area is 175 Å². The average molecular weight is 404 g/mol. The second-order valence-corrected chi connectivity index (χ2v) is 7.75. The molecule has 0 aliphatic carbocycles. The van der Waals surface area contributed by atoms with E-state index in [4.69, 9.17) is 4.52 Å². The largest absolute Gasteiger partial charge is 0.343 e. The van der Waals surface area contributed by atoms with Crippen molar-refractivity contribution >= 4 is 17.5 Å². The standard InChI is InChI=1S/C23H24N4O3/c1-15(2)17-9-6-10-19(11-17)27-14-18(12-21(27)28)22-25-20(30-26-22)13-24-23(29)16-7-4-3-5-8-16/h3-11,15,18H,12-14H2,1-2H3,(H,24,29). The summed E-state index contributed by atoms with van der Waals surface area (Å²) >= 11 is 0. The van der Waals surface area contributed by atoms with Crippen LogP contribution in [0, 0.1) is 0 Å². The van der Waals surface area contributed by atoms with E-state index in [0.29, 0.717) is 36.2 Å². The van der Waals surface area contributed by atoms with E-state index in [2.05, 4.69) is 41.4 Å². The van der Waals surface area contributed by atoms with Gasteiger partial charge in [-0.1, -0.05) is 49.3 Å². The van der Waals surface area contributed by atoms with E-state index in [0.717, 1.165) is 5.69 Å². The molecule has 0 radical (unpaired) electrons. The molecule has 1 aliphatic heterocycles. The molecule has 0 bridgehead atoms. The number of amides is 2. The summed E-state index contributed by atoms with van der Waals surface area (Å²) in [4.78, 5) is 30.9. The van der Waals surface area contributed by atoms with Gasteiger partial charge in [-0.15, -0.1) is 0 Å². The summed E-state index contributed by atoms with van der Waals surface area (Å²) in [5.74, 6) is 0.913. The third kappa shape index (κ3) is 4.25. The second-order valence-electron chi connectivity index (χ2n) is 7.75. The van der Waals surface area contributed by atoms with Crippen molar-refractivity contribution in [1.82, 2.24) is 15.5 Å². The highest BCUT2D eigenvalue weighted by Gasteiger charge is 2.34. The number of hydrogen-bond donors (Lipinski definition) is 1. The van der Waals surface area contributed by atoms with Crippen molar-refractivity contribution in [2.75, 3.05) is 11.4 Å². The highest BCUT2D eigenvalue weighted by molar-refractivity contribution is 5.96. The second kappa shape index (κ2) is 8.49. The summed E-state index contributed by atoms with van der Waals surface area (Å²) in [5.41, 5.74) is 2.66. The average Bonchev–Trinajstić information content (AvgIpc) is 3.39. The number of carbonyl (C=O) groups excluding carboxylic acids is 2. The number of benzene rings is 2. The topological polar surface area (TPSA) is 88.3 Å². The summed E-state index contributed by atoms with van der Waals surface area (Å²) in [6.07, 6.45) is 0.335. The van der Waals surface area contributed by atoms with Gasteiger partial charge in [0.2, 0.25) is 11.8 Å². The van der Waals surface area contributed by atoms with Crippen LogP contribution in [0.15, 0.2) is 59.1 Å². The molecule has 154 valence electrons. The lowest BCUT2D eigenvalue weighted by atomic mass is 10.0. The molecule has 2 heterocycles. The number of anilines is 1. The SMILES string of the molecule is CC(C)c1cccc(N2CC(c3noc(CNC(=O)c4ccccc4)n3)CC2=O)c1. The van der Waals surface area contributed by atoms with Gasteiger partial charge in [0.05, 0.1) is 6.54 Å². The number of rotatable bonds is 6. The summed E-state index contributed by atoms with van der Waals surface area (Å²) in [6, 6.07) is 17.0. The van der Waals surface area contributed by atoms with Crippen molar-refractivity contribution in [2.45, 2.75) is 38.6 Å². The van der Waals surface area contributed by atoms with Crippen LogP contribution in [-0.4, -0.2) is 28.5 Å². The number of hydrogen-bond acceptors (Lipinski definition) is 5. The van der Waals surface area contributed by atoms with E-state index in [9.17, 15) is 9.59 Å². The van der Waals surface area contributed by atoms with Gasteiger partial charge in [0.1, 0.15) is 0 Å². The summed E-state index contributed by atoms with van der Waals surface area (Å²) in [7, 11) is 0. The van der Waals surface area contributed by atoms with Crippen LogP contribution in [0.5, 0.6) is 0 Å². The zero-order valence-electron chi connectivity index (χ0n) is 17.0. The van der Waals surface area contributed by atoms with Crippen LogP contribution < -0.4 is 10.2 Å². The Morgan fingerprint density at radius 1 is 1.20 bits per heavy atom. The summed E-state index contributed by atoms with van der Waals surface area (Å²) < 4.78 is 5.28.